The molecule has 0 bridgehead atoms. The summed E-state index contributed by atoms with van der Waals surface area (Å²) in [4.78, 5) is 12.5. The molecule has 2 aliphatic rings. The van der Waals surface area contributed by atoms with Crippen molar-refractivity contribution < 1.29 is 9.90 Å². The SMILES string of the molecule is CC.CN(C=N)C1=CC(Nc2cc(C3CCC(CC=O)C3)[nH]n2)CCC1S.CNC(C)C.CO. The molecule has 0 amide bonds. The lowest BCUT2D eigenvalue weighted by Crippen LogP contribution is -2.31. The van der Waals surface area contributed by atoms with Crippen LogP contribution in [0.25, 0.3) is 0 Å². The third kappa shape index (κ3) is 11.1. The number of rotatable bonds is 8. The summed E-state index contributed by atoms with van der Waals surface area (Å²) in [5.41, 5.74) is 2.23. The Hall–Kier alpha value is -1.84. The van der Waals surface area contributed by atoms with E-state index < -0.39 is 0 Å². The van der Waals surface area contributed by atoms with Gasteiger partial charge in [-0.2, -0.15) is 17.7 Å². The van der Waals surface area contributed by atoms with Gasteiger partial charge in [0, 0.05) is 61.3 Å². The molecule has 5 N–H and O–H groups in total. The van der Waals surface area contributed by atoms with E-state index in [0.717, 1.165) is 57.0 Å². The van der Waals surface area contributed by atoms with Crippen LogP contribution in [0.4, 0.5) is 5.82 Å². The van der Waals surface area contributed by atoms with Crippen LogP contribution in [0.2, 0.25) is 0 Å². The Kier molecular flexibility index (Phi) is 17.5. The molecule has 9 heteroatoms. The quantitative estimate of drug-likeness (QED) is 0.137. The molecule has 0 spiro atoms. The van der Waals surface area contributed by atoms with Gasteiger partial charge < -0.3 is 25.4 Å². The van der Waals surface area contributed by atoms with Crippen LogP contribution in [0.5, 0.6) is 0 Å². The van der Waals surface area contributed by atoms with Crippen molar-refractivity contribution >= 4 is 31.1 Å². The molecule has 1 heterocycles. The largest absolute Gasteiger partial charge is 0.400 e. The number of anilines is 1. The summed E-state index contributed by atoms with van der Waals surface area (Å²) >= 11 is 4.62. The lowest BCUT2D eigenvalue weighted by atomic mass is 9.98. The molecule has 4 unspecified atom stereocenters. The van der Waals surface area contributed by atoms with Gasteiger partial charge in [0.2, 0.25) is 0 Å². The second kappa shape index (κ2) is 18.5. The van der Waals surface area contributed by atoms with Gasteiger partial charge in [-0.05, 0) is 51.1 Å². The molecule has 1 aromatic heterocycles. The fourth-order valence-electron chi connectivity index (χ4n) is 3.94. The third-order valence-corrected chi connectivity index (χ3v) is 6.51. The molecule has 0 aromatic carbocycles. The Morgan fingerprint density at radius 3 is 2.50 bits per heavy atom. The highest BCUT2D eigenvalue weighted by Crippen LogP contribution is 2.39. The standard InChI is InChI=1S/C18H27N5OS.C4H11N.C2H6.CH4O/c1-23(11-19)16-9-14(4-5-17(16)25)20-18-10-15(21-22-18)13-3-2-12(8-13)6-7-24;1-4(2)5-3;2*1-2/h7,9-14,17,19,25H,2-6,8H2,1H3,(H2,20,21,22);4-5H,1-3H3;1-2H3;2H,1H3. The van der Waals surface area contributed by atoms with Crippen molar-refractivity contribution in [2.45, 2.75) is 89.5 Å². The Bertz CT molecular complexity index is 709. The number of thiol groups is 1. The Morgan fingerprint density at radius 2 is 1.94 bits per heavy atom. The average molecular weight is 497 g/mol. The van der Waals surface area contributed by atoms with Gasteiger partial charge in [0.1, 0.15) is 12.1 Å². The van der Waals surface area contributed by atoms with Crippen LogP contribution < -0.4 is 10.6 Å². The van der Waals surface area contributed by atoms with Gasteiger partial charge >= 0.3 is 0 Å². The van der Waals surface area contributed by atoms with Gasteiger partial charge in [-0.1, -0.05) is 27.7 Å². The van der Waals surface area contributed by atoms with Crippen LogP contribution in [0.3, 0.4) is 0 Å². The van der Waals surface area contributed by atoms with Gasteiger partial charge in [0.15, 0.2) is 0 Å². The Morgan fingerprint density at radius 1 is 1.29 bits per heavy atom. The van der Waals surface area contributed by atoms with Crippen LogP contribution in [0.15, 0.2) is 17.8 Å². The van der Waals surface area contributed by atoms with Crippen molar-refractivity contribution in [3.05, 3.63) is 23.5 Å². The second-order valence-corrected chi connectivity index (χ2v) is 9.23. The molecule has 1 fully saturated rings. The van der Waals surface area contributed by atoms with Crippen LogP contribution in [0.1, 0.15) is 77.8 Å². The number of aliphatic hydroxyl groups excluding tert-OH is 1. The Balaban J connectivity index is 0.00000106. The molecular formula is C25H48N6O2S. The summed E-state index contributed by atoms with van der Waals surface area (Å²) in [7, 11) is 4.83. The normalized spacial score (nSPS) is 23.2. The molecule has 1 saturated carbocycles. The Labute approximate surface area is 212 Å². The second-order valence-electron chi connectivity index (χ2n) is 8.61. The predicted octanol–water partition coefficient (Wildman–Crippen LogP) is 4.43. The van der Waals surface area contributed by atoms with Gasteiger partial charge in [0.05, 0.1) is 6.34 Å². The fourth-order valence-corrected chi connectivity index (χ4v) is 4.36. The lowest BCUT2D eigenvalue weighted by Gasteiger charge is -2.30. The van der Waals surface area contributed by atoms with Crippen LogP contribution >= 0.6 is 12.6 Å². The summed E-state index contributed by atoms with van der Waals surface area (Å²) in [6, 6.07) is 2.94. The smallest absolute Gasteiger partial charge is 0.148 e. The highest BCUT2D eigenvalue weighted by Gasteiger charge is 2.27. The van der Waals surface area contributed by atoms with E-state index >= 15 is 0 Å². The van der Waals surface area contributed by atoms with Crippen LogP contribution in [-0.4, -0.2) is 71.4 Å². The van der Waals surface area contributed by atoms with E-state index in [-0.39, 0.29) is 11.3 Å². The summed E-state index contributed by atoms with van der Waals surface area (Å²) in [6.45, 7) is 8.22. The molecule has 2 aliphatic carbocycles. The van der Waals surface area contributed by atoms with E-state index in [4.69, 9.17) is 10.5 Å². The predicted molar refractivity (Wildman–Crippen MR) is 147 cm³/mol. The minimum atomic E-state index is 0.174. The summed E-state index contributed by atoms with van der Waals surface area (Å²) in [5, 5.41) is 28.7. The van der Waals surface area contributed by atoms with E-state index in [1.165, 1.54) is 12.0 Å². The van der Waals surface area contributed by atoms with Crippen molar-refractivity contribution in [2.75, 3.05) is 26.5 Å². The first kappa shape index (κ1) is 32.2. The lowest BCUT2D eigenvalue weighted by molar-refractivity contribution is -0.108. The first-order valence-electron chi connectivity index (χ1n) is 12.4. The van der Waals surface area contributed by atoms with Crippen molar-refractivity contribution in [2.24, 2.45) is 5.92 Å². The minimum Gasteiger partial charge on any atom is -0.400 e. The van der Waals surface area contributed by atoms with Crippen molar-refractivity contribution in [1.82, 2.24) is 20.4 Å². The first-order chi connectivity index (χ1) is 16.4. The molecule has 0 saturated heterocycles. The maximum Gasteiger partial charge on any atom is 0.148 e. The van der Waals surface area contributed by atoms with Gasteiger partial charge in [-0.25, -0.2) is 0 Å². The molecule has 196 valence electrons. The monoisotopic (exact) mass is 496 g/mol. The van der Waals surface area contributed by atoms with Crippen LogP contribution in [-0.2, 0) is 4.79 Å². The highest BCUT2D eigenvalue weighted by molar-refractivity contribution is 7.81. The zero-order chi connectivity index (χ0) is 26.1. The number of hydrogen-bond donors (Lipinski definition) is 6. The molecule has 34 heavy (non-hydrogen) atoms. The van der Waals surface area contributed by atoms with Crippen molar-refractivity contribution in [1.29, 1.82) is 5.41 Å². The summed E-state index contributed by atoms with van der Waals surface area (Å²) in [6.07, 6.45) is 10.5. The zero-order valence-corrected chi connectivity index (χ0v) is 23.0. The number of carbonyl (C=O) groups excluding carboxylic acids is 1. The molecule has 4 atom stereocenters. The van der Waals surface area contributed by atoms with Gasteiger partial charge in [0.25, 0.3) is 0 Å². The number of aldehydes is 1. The number of aromatic nitrogens is 2. The van der Waals surface area contributed by atoms with E-state index in [0.29, 0.717) is 24.3 Å². The summed E-state index contributed by atoms with van der Waals surface area (Å²) < 4.78 is 0. The topological polar surface area (TPSA) is 117 Å². The summed E-state index contributed by atoms with van der Waals surface area (Å²) in [5.74, 6) is 1.87. The van der Waals surface area contributed by atoms with E-state index in [1.807, 2.05) is 32.8 Å². The number of H-pyrrole nitrogens is 1. The average Bonchev–Trinajstić information content (AvgIpc) is 3.52. The number of nitrogens with one attached hydrogen (secondary N) is 4. The van der Waals surface area contributed by atoms with Crippen molar-refractivity contribution in [3.63, 3.8) is 0 Å². The molecule has 1 aromatic rings. The van der Waals surface area contributed by atoms with Crippen LogP contribution in [0, 0.1) is 11.3 Å². The van der Waals surface area contributed by atoms with E-state index in [2.05, 4.69) is 59.4 Å². The molecule has 3 rings (SSSR count). The number of aromatic amines is 1. The minimum absolute atomic E-state index is 0.174. The molecule has 8 nitrogen and oxygen atoms in total. The molecular weight excluding hydrogens is 448 g/mol. The van der Waals surface area contributed by atoms with Gasteiger partial charge in [-0.3, -0.25) is 10.5 Å². The first-order valence-corrected chi connectivity index (χ1v) is 12.9. The number of hydrogen-bond acceptors (Lipinski definition) is 7. The zero-order valence-electron chi connectivity index (χ0n) is 22.1. The third-order valence-electron chi connectivity index (χ3n) is 5.98. The maximum absolute atomic E-state index is 10.7. The van der Waals surface area contributed by atoms with Crippen molar-refractivity contribution in [3.8, 4) is 0 Å². The fraction of sp³-hybridized carbons (Fsp3) is 0.720. The highest BCUT2D eigenvalue weighted by atomic mass is 32.1. The molecule has 0 aliphatic heterocycles. The van der Waals surface area contributed by atoms with E-state index in [1.54, 1.807) is 0 Å². The van der Waals surface area contributed by atoms with E-state index in [9.17, 15) is 4.79 Å². The molecule has 0 radical (unpaired) electrons. The number of nitrogens with zero attached hydrogens (tertiary/aromatic N) is 2. The number of carbonyl (C=O) groups is 1. The number of aliphatic hydroxyl groups is 1. The maximum atomic E-state index is 10.7. The van der Waals surface area contributed by atoms with Gasteiger partial charge in [-0.15, -0.1) is 0 Å².